The summed E-state index contributed by atoms with van der Waals surface area (Å²) >= 11 is 0. The molecule has 1 aromatic carbocycles. The molecule has 3 aliphatic rings. The predicted molar refractivity (Wildman–Crippen MR) is 122 cm³/mol. The Morgan fingerprint density at radius 3 is 2.29 bits per heavy atom. The van der Waals surface area contributed by atoms with Crippen molar-refractivity contribution in [1.82, 2.24) is 4.90 Å². The summed E-state index contributed by atoms with van der Waals surface area (Å²) in [5.41, 5.74) is 9.37. The molecule has 0 aliphatic heterocycles. The van der Waals surface area contributed by atoms with E-state index in [-0.39, 0.29) is 29.7 Å². The fraction of sp³-hybridized carbons (Fsp3) is 0.478. The van der Waals surface area contributed by atoms with Gasteiger partial charge in [0.2, 0.25) is 11.7 Å². The Morgan fingerprint density at radius 1 is 1.15 bits per heavy atom. The number of primary amides is 1. The van der Waals surface area contributed by atoms with Gasteiger partial charge in [-0.15, -0.1) is 0 Å². The number of nitrogen functional groups attached to an aromatic ring is 1. The number of rotatable bonds is 3. The Bertz CT molecular complexity index is 1190. The molecule has 1 aromatic rings. The van der Waals surface area contributed by atoms with Gasteiger partial charge in [-0.2, -0.15) is 0 Å². The second kappa shape index (κ2) is 7.54. The Morgan fingerprint density at radius 2 is 1.76 bits per heavy atom. The number of amides is 1. The van der Waals surface area contributed by atoms with Gasteiger partial charge in [-0.3, -0.25) is 24.1 Å². The number of carbonyl (C=O) groups is 4. The highest BCUT2D eigenvalue weighted by molar-refractivity contribution is 6.32. The van der Waals surface area contributed by atoms with Crippen molar-refractivity contribution in [2.75, 3.05) is 38.8 Å². The molecule has 7 N–H and O–H groups in total. The highest BCUT2D eigenvalue weighted by atomic mass is 16.3. The van der Waals surface area contributed by atoms with E-state index in [9.17, 15) is 34.5 Å². The van der Waals surface area contributed by atoms with Gasteiger partial charge in [0, 0.05) is 31.3 Å². The van der Waals surface area contributed by atoms with Crippen molar-refractivity contribution in [3.05, 3.63) is 22.8 Å². The number of aliphatic hydroxyl groups excluding tert-OH is 1. The first-order valence-corrected chi connectivity index (χ1v) is 10.8. The van der Waals surface area contributed by atoms with Crippen LogP contribution in [0.1, 0.15) is 17.5 Å². The van der Waals surface area contributed by atoms with Gasteiger partial charge in [-0.1, -0.05) is 0 Å². The molecule has 0 spiro atoms. The molecule has 34 heavy (non-hydrogen) atoms. The van der Waals surface area contributed by atoms with Crippen LogP contribution < -0.4 is 16.4 Å². The van der Waals surface area contributed by atoms with Crippen molar-refractivity contribution in [1.29, 1.82) is 0 Å². The minimum absolute atomic E-state index is 0.00485. The lowest BCUT2D eigenvalue weighted by Crippen LogP contribution is -2.72. The normalized spacial score (nSPS) is 30.7. The molecule has 0 bridgehead atoms. The van der Waals surface area contributed by atoms with Gasteiger partial charge in [0.15, 0.2) is 23.1 Å². The lowest BCUT2D eigenvalue weighted by atomic mass is 9.55. The summed E-state index contributed by atoms with van der Waals surface area (Å²) in [6, 6.07) is 0.434. The third-order valence-corrected chi connectivity index (χ3v) is 7.35. The van der Waals surface area contributed by atoms with Crippen LogP contribution >= 0.6 is 0 Å². The van der Waals surface area contributed by atoms with Crippen LogP contribution in [0.2, 0.25) is 0 Å². The fourth-order valence-corrected chi connectivity index (χ4v) is 5.85. The molecule has 0 heterocycles. The van der Waals surface area contributed by atoms with Crippen molar-refractivity contribution in [3.63, 3.8) is 0 Å². The minimum Gasteiger partial charge on any atom is -0.507 e. The van der Waals surface area contributed by atoms with Crippen LogP contribution in [0, 0.1) is 17.8 Å². The number of benzene rings is 1. The molecule has 5 atom stereocenters. The van der Waals surface area contributed by atoms with Gasteiger partial charge in [-0.05, 0) is 44.5 Å². The van der Waals surface area contributed by atoms with Gasteiger partial charge in [0.25, 0.3) is 0 Å². The zero-order chi connectivity index (χ0) is 25.4. The third kappa shape index (κ3) is 2.90. The summed E-state index contributed by atoms with van der Waals surface area (Å²) in [5.74, 6) is -9.20. The van der Waals surface area contributed by atoms with Gasteiger partial charge >= 0.3 is 0 Å². The number of phenols is 1. The summed E-state index contributed by atoms with van der Waals surface area (Å²) in [7, 11) is 6.62. The van der Waals surface area contributed by atoms with Crippen molar-refractivity contribution in [3.8, 4) is 5.75 Å². The van der Waals surface area contributed by atoms with Crippen LogP contribution in [0.4, 0.5) is 11.4 Å². The molecule has 4 rings (SSSR count). The monoisotopic (exact) mass is 472 g/mol. The van der Waals surface area contributed by atoms with E-state index < -0.39 is 64.2 Å². The van der Waals surface area contributed by atoms with E-state index >= 15 is 0 Å². The molecule has 2 saturated carbocycles. The van der Waals surface area contributed by atoms with Crippen LogP contribution in [0.3, 0.4) is 0 Å². The smallest absolute Gasteiger partial charge is 0.235 e. The average Bonchev–Trinajstić information content (AvgIpc) is 2.72. The number of hydrogen-bond acceptors (Lipinski definition) is 10. The number of nitrogens with two attached hydrogens (primary N) is 2. The second-order valence-electron chi connectivity index (χ2n) is 9.69. The second-order valence-corrected chi connectivity index (χ2v) is 9.69. The Kier molecular flexibility index (Phi) is 5.26. The number of ketones is 3. The van der Waals surface area contributed by atoms with Crippen molar-refractivity contribution in [2.45, 2.75) is 24.5 Å². The number of carbonyl (C=O) groups excluding carboxylic acids is 4. The SMILES string of the molecule is CN(C)c1cc(N)c(O)c2c1C[C@H]1C[C@H]3[C@H](N(C)C)C(=O)C(C(N)=O)C(=O)[C@@]3(O)C(=O)C1=C2O. The Hall–Kier alpha value is -3.44. The van der Waals surface area contributed by atoms with Gasteiger partial charge in [-0.25, -0.2) is 0 Å². The quantitative estimate of drug-likeness (QED) is 0.207. The van der Waals surface area contributed by atoms with Crippen LogP contribution in [0.5, 0.6) is 5.75 Å². The summed E-state index contributed by atoms with van der Waals surface area (Å²) in [6.45, 7) is 0. The zero-order valence-electron chi connectivity index (χ0n) is 19.3. The number of likely N-dealkylation sites (N-methyl/N-ethyl adjacent to an activating group) is 1. The number of fused-ring (bicyclic) bond motifs is 3. The van der Waals surface area contributed by atoms with E-state index in [0.717, 1.165) is 0 Å². The molecule has 1 amide bonds. The number of Topliss-reactive ketones (excluding diaryl/α,β-unsaturated/α-hetero) is 3. The van der Waals surface area contributed by atoms with Crippen LogP contribution in [0.15, 0.2) is 11.6 Å². The van der Waals surface area contributed by atoms with Crippen molar-refractivity contribution >= 4 is 40.4 Å². The first kappa shape index (κ1) is 23.7. The van der Waals surface area contributed by atoms with Crippen LogP contribution in [0.25, 0.3) is 5.76 Å². The van der Waals surface area contributed by atoms with E-state index in [0.29, 0.717) is 11.3 Å². The largest absolute Gasteiger partial charge is 0.507 e. The van der Waals surface area contributed by atoms with Crippen LogP contribution in [-0.2, 0) is 25.6 Å². The zero-order valence-corrected chi connectivity index (χ0v) is 19.3. The van der Waals surface area contributed by atoms with Gasteiger partial charge in [0.1, 0.15) is 11.5 Å². The first-order chi connectivity index (χ1) is 15.7. The fourth-order valence-electron chi connectivity index (χ4n) is 5.85. The summed E-state index contributed by atoms with van der Waals surface area (Å²) in [6.07, 6.45) is 0.196. The molecule has 11 nitrogen and oxygen atoms in total. The standard InChI is InChI=1S/C23H28N4O7/c1-26(2)12-7-11(24)17(28)14-9(12)5-8-6-10-16(27(3)4)19(30)15(22(25)33)21(32)23(10,34)20(31)13(8)18(14)29/h7-8,10,15-16,28-29,34H,5-6,24H2,1-4H3,(H2,25,33)/t8-,10-,15?,16-,23-/m0/s1. The van der Waals surface area contributed by atoms with E-state index in [1.54, 1.807) is 39.2 Å². The molecule has 11 heteroatoms. The molecule has 0 aromatic heterocycles. The average molecular weight is 472 g/mol. The lowest BCUT2D eigenvalue weighted by molar-refractivity contribution is -0.175. The highest BCUT2D eigenvalue weighted by Crippen LogP contribution is 2.53. The number of nitrogens with zero attached hydrogens (tertiary/aromatic N) is 2. The maximum atomic E-state index is 13.7. The number of hydrogen-bond donors (Lipinski definition) is 5. The topological polar surface area (TPSA) is 187 Å². The maximum Gasteiger partial charge on any atom is 0.235 e. The Balaban J connectivity index is 1.97. The minimum atomic E-state index is -2.74. The number of aliphatic hydroxyl groups is 2. The van der Waals surface area contributed by atoms with Gasteiger partial charge < -0.3 is 31.7 Å². The summed E-state index contributed by atoms with van der Waals surface area (Å²) < 4.78 is 0. The molecule has 0 radical (unpaired) electrons. The van der Waals surface area contributed by atoms with Gasteiger partial charge in [0.05, 0.1) is 17.3 Å². The molecule has 2 fully saturated rings. The number of phenolic OH excluding ortho intramolecular Hbond substituents is 1. The number of aromatic hydroxyl groups is 1. The molecular weight excluding hydrogens is 444 g/mol. The van der Waals surface area contributed by atoms with E-state index in [1.807, 2.05) is 0 Å². The van der Waals surface area contributed by atoms with E-state index in [2.05, 4.69) is 0 Å². The van der Waals surface area contributed by atoms with E-state index in [4.69, 9.17) is 11.5 Å². The lowest BCUT2D eigenvalue weighted by Gasteiger charge is -2.51. The third-order valence-electron chi connectivity index (χ3n) is 7.35. The molecule has 182 valence electrons. The van der Waals surface area contributed by atoms with Crippen molar-refractivity contribution in [2.24, 2.45) is 23.5 Å². The predicted octanol–water partition coefficient (Wildman–Crippen LogP) is -1.01. The maximum absolute atomic E-state index is 13.7. The highest BCUT2D eigenvalue weighted by Gasteiger charge is 2.67. The summed E-state index contributed by atoms with van der Waals surface area (Å²) in [5, 5.41) is 33.3. The molecular formula is C23H28N4O7. The molecule has 1 unspecified atom stereocenters. The van der Waals surface area contributed by atoms with Crippen LogP contribution in [-0.4, -0.2) is 83.3 Å². The van der Waals surface area contributed by atoms with Crippen molar-refractivity contribution < 1.29 is 34.5 Å². The molecule has 3 aliphatic carbocycles. The number of anilines is 2. The summed E-state index contributed by atoms with van der Waals surface area (Å²) in [4.78, 5) is 55.2. The molecule has 0 saturated heterocycles. The van der Waals surface area contributed by atoms with E-state index in [1.165, 1.54) is 4.90 Å². The Labute approximate surface area is 195 Å². The first-order valence-electron chi connectivity index (χ1n) is 10.8.